The van der Waals surface area contributed by atoms with Crippen LogP contribution in [0.1, 0.15) is 64.5 Å². The lowest BCUT2D eigenvalue weighted by molar-refractivity contribution is -0.310. The van der Waals surface area contributed by atoms with Crippen LogP contribution in [0.5, 0.6) is 5.88 Å². The number of ether oxygens (including phenoxy) is 6. The zero-order valence-corrected chi connectivity index (χ0v) is 33.7. The van der Waals surface area contributed by atoms with E-state index < -0.39 is 30.7 Å². The quantitative estimate of drug-likeness (QED) is 0.0860. The molecular formula is C49H53FN2O6. The van der Waals surface area contributed by atoms with E-state index in [0.29, 0.717) is 31.3 Å². The van der Waals surface area contributed by atoms with Crippen LogP contribution in [0.25, 0.3) is 0 Å². The van der Waals surface area contributed by atoms with Crippen molar-refractivity contribution in [2.45, 2.75) is 97.3 Å². The van der Waals surface area contributed by atoms with Crippen LogP contribution in [-0.2, 0) is 56.5 Å². The largest absolute Gasteiger partial charge is 0.443 e. The first-order valence-electron chi connectivity index (χ1n) is 20.1. The molecule has 0 saturated carbocycles. The first kappa shape index (κ1) is 41.0. The lowest BCUT2D eigenvalue weighted by Crippen LogP contribution is -2.62. The lowest BCUT2D eigenvalue weighted by Gasteiger charge is -2.45. The Morgan fingerprint density at radius 1 is 0.638 bits per heavy atom. The van der Waals surface area contributed by atoms with Gasteiger partial charge in [-0.05, 0) is 67.1 Å². The topological polar surface area (TPSA) is 73.2 Å². The van der Waals surface area contributed by atoms with E-state index in [9.17, 15) is 0 Å². The second kappa shape index (κ2) is 20.0. The predicted octanol–water partition coefficient (Wildman–Crippen LogP) is 9.89. The maximum atomic E-state index is 15.4. The van der Waals surface area contributed by atoms with Crippen LogP contribution >= 0.6 is 0 Å². The molecule has 5 aromatic carbocycles. The number of benzene rings is 5. The Balaban J connectivity index is 1.27. The normalized spacial score (nSPS) is 19.4. The van der Waals surface area contributed by atoms with Crippen molar-refractivity contribution in [3.8, 4) is 5.88 Å². The van der Waals surface area contributed by atoms with Gasteiger partial charge in [-0.1, -0.05) is 133 Å². The number of hydrogen-bond acceptors (Lipinski definition) is 7. The van der Waals surface area contributed by atoms with E-state index in [1.54, 1.807) is 6.07 Å². The van der Waals surface area contributed by atoms with E-state index in [4.69, 9.17) is 33.5 Å². The van der Waals surface area contributed by atoms with E-state index >= 15 is 4.39 Å². The van der Waals surface area contributed by atoms with Crippen LogP contribution in [0.4, 0.5) is 4.39 Å². The molecule has 1 aliphatic rings. The van der Waals surface area contributed by atoms with Crippen LogP contribution in [0, 0.1) is 19.7 Å². The molecule has 302 valence electrons. The molecule has 9 heteroatoms. The number of aromatic nitrogens is 2. The molecule has 1 saturated heterocycles. The molecule has 5 atom stereocenters. The molecule has 0 spiro atoms. The van der Waals surface area contributed by atoms with Crippen molar-refractivity contribution in [3.05, 3.63) is 190 Å². The molecule has 7 rings (SSSR count). The minimum atomic E-state index is -1.01. The minimum absolute atomic E-state index is 0.0215. The molecule has 0 amide bonds. The van der Waals surface area contributed by atoms with Gasteiger partial charge in [0.2, 0.25) is 12.2 Å². The van der Waals surface area contributed by atoms with Crippen LogP contribution < -0.4 is 4.74 Å². The molecule has 0 radical (unpaired) electrons. The number of hydrogen-bond donors (Lipinski definition) is 0. The standard InChI is InChI=1S/C49H53FN2O6/c1-34(2)52-36(4)42(28-41-26-25-35(3)27-43(41)50)48(51-52)58-49-47(56-32-40-23-15-8-16-24-40)46(55-31-39-21-13-7-14-22-39)45(54-30-38-19-11-6-12-20-38)44(57-49)33-53-29-37-17-9-5-10-18-37/h5-27,34,44-47,49H,28-33H2,1-4H3/t44?,45-,46+,47-,49+/m1/s1. The Morgan fingerprint density at radius 3 is 1.66 bits per heavy atom. The van der Waals surface area contributed by atoms with E-state index in [1.165, 1.54) is 0 Å². The highest BCUT2D eigenvalue weighted by Gasteiger charge is 2.50. The van der Waals surface area contributed by atoms with Gasteiger partial charge in [-0.2, -0.15) is 0 Å². The van der Waals surface area contributed by atoms with Crippen molar-refractivity contribution >= 4 is 0 Å². The van der Waals surface area contributed by atoms with Crippen molar-refractivity contribution < 1.29 is 32.8 Å². The van der Waals surface area contributed by atoms with Crippen LogP contribution in [0.3, 0.4) is 0 Å². The Hall–Kier alpha value is -5.16. The van der Waals surface area contributed by atoms with E-state index in [0.717, 1.165) is 39.1 Å². The third-order valence-corrected chi connectivity index (χ3v) is 10.4. The average molecular weight is 785 g/mol. The average Bonchev–Trinajstić information content (AvgIpc) is 3.55. The minimum Gasteiger partial charge on any atom is -0.443 e. The first-order valence-corrected chi connectivity index (χ1v) is 20.1. The highest BCUT2D eigenvalue weighted by atomic mass is 19.1. The Labute approximate surface area is 341 Å². The second-order valence-corrected chi connectivity index (χ2v) is 15.1. The van der Waals surface area contributed by atoms with E-state index in [2.05, 4.69) is 13.8 Å². The summed E-state index contributed by atoms with van der Waals surface area (Å²) in [7, 11) is 0. The van der Waals surface area contributed by atoms with Gasteiger partial charge in [-0.3, -0.25) is 4.68 Å². The molecule has 2 heterocycles. The van der Waals surface area contributed by atoms with Crippen molar-refractivity contribution in [1.82, 2.24) is 9.78 Å². The molecule has 1 unspecified atom stereocenters. The molecule has 1 fully saturated rings. The highest BCUT2D eigenvalue weighted by molar-refractivity contribution is 5.38. The van der Waals surface area contributed by atoms with Crippen LogP contribution in [-0.4, -0.2) is 47.1 Å². The van der Waals surface area contributed by atoms with Gasteiger partial charge in [-0.15, -0.1) is 5.10 Å². The third-order valence-electron chi connectivity index (χ3n) is 10.4. The molecule has 1 aliphatic heterocycles. The smallest absolute Gasteiger partial charge is 0.239 e. The summed E-state index contributed by atoms with van der Waals surface area (Å²) in [5, 5.41) is 4.97. The molecule has 6 aromatic rings. The summed E-state index contributed by atoms with van der Waals surface area (Å²) in [6, 6.07) is 45.4. The van der Waals surface area contributed by atoms with Gasteiger partial charge < -0.3 is 28.4 Å². The fourth-order valence-electron chi connectivity index (χ4n) is 7.27. The van der Waals surface area contributed by atoms with Crippen LogP contribution in [0.15, 0.2) is 140 Å². The lowest BCUT2D eigenvalue weighted by atomic mass is 9.97. The van der Waals surface area contributed by atoms with Gasteiger partial charge in [0.25, 0.3) is 0 Å². The Kier molecular flexibility index (Phi) is 14.1. The first-order chi connectivity index (χ1) is 28.3. The summed E-state index contributed by atoms with van der Waals surface area (Å²) in [4.78, 5) is 0. The molecule has 0 N–H and O–H groups in total. The van der Waals surface area contributed by atoms with Crippen molar-refractivity contribution in [3.63, 3.8) is 0 Å². The number of rotatable bonds is 18. The van der Waals surface area contributed by atoms with E-state index in [-0.39, 0.29) is 31.5 Å². The van der Waals surface area contributed by atoms with E-state index in [1.807, 2.05) is 152 Å². The number of halogens is 1. The third kappa shape index (κ3) is 10.7. The zero-order chi connectivity index (χ0) is 40.3. The summed E-state index contributed by atoms with van der Waals surface area (Å²) >= 11 is 0. The summed E-state index contributed by atoms with van der Waals surface area (Å²) < 4.78 is 58.2. The SMILES string of the molecule is Cc1ccc(Cc2c(O[C@@H]3OC(COCc4ccccc4)[C@@H](OCc4ccccc4)[C@H](OCc4ccccc4)[C@H]3OCc3ccccc3)nn(C(C)C)c2C)c(F)c1. The Morgan fingerprint density at radius 2 is 1.14 bits per heavy atom. The van der Waals surface area contributed by atoms with Crippen molar-refractivity contribution in [2.75, 3.05) is 6.61 Å². The van der Waals surface area contributed by atoms with Crippen molar-refractivity contribution in [1.29, 1.82) is 0 Å². The zero-order valence-electron chi connectivity index (χ0n) is 33.7. The predicted molar refractivity (Wildman–Crippen MR) is 222 cm³/mol. The molecule has 0 bridgehead atoms. The Bertz CT molecular complexity index is 2150. The van der Waals surface area contributed by atoms with Gasteiger partial charge in [-0.25, -0.2) is 4.39 Å². The number of nitrogens with zero attached hydrogens (tertiary/aromatic N) is 2. The monoisotopic (exact) mass is 784 g/mol. The van der Waals surface area contributed by atoms with Crippen LogP contribution in [0.2, 0.25) is 0 Å². The summed E-state index contributed by atoms with van der Waals surface area (Å²) in [6.45, 7) is 9.44. The molecule has 8 nitrogen and oxygen atoms in total. The van der Waals surface area contributed by atoms with Gasteiger partial charge in [0.15, 0.2) is 0 Å². The summed E-state index contributed by atoms with van der Waals surface area (Å²) in [5.41, 5.74) is 7.08. The molecule has 1 aromatic heterocycles. The van der Waals surface area contributed by atoms with Crippen molar-refractivity contribution in [2.24, 2.45) is 0 Å². The summed E-state index contributed by atoms with van der Waals surface area (Å²) in [5.74, 6) is 0.0722. The molecule has 58 heavy (non-hydrogen) atoms. The highest BCUT2D eigenvalue weighted by Crippen LogP contribution is 2.35. The maximum absolute atomic E-state index is 15.4. The fourth-order valence-corrected chi connectivity index (χ4v) is 7.27. The molecular weight excluding hydrogens is 732 g/mol. The van der Waals surface area contributed by atoms with Gasteiger partial charge >= 0.3 is 0 Å². The maximum Gasteiger partial charge on any atom is 0.239 e. The van der Waals surface area contributed by atoms with Gasteiger partial charge in [0.05, 0.1) is 33.0 Å². The fraction of sp³-hybridized carbons (Fsp3) is 0.327. The summed E-state index contributed by atoms with van der Waals surface area (Å²) in [6.07, 6.45) is -3.46. The number of aryl methyl sites for hydroxylation is 1. The van der Waals surface area contributed by atoms with Gasteiger partial charge in [0.1, 0.15) is 30.2 Å². The molecule has 0 aliphatic carbocycles. The van der Waals surface area contributed by atoms with Gasteiger partial charge in [0, 0.05) is 23.7 Å². The second-order valence-electron chi connectivity index (χ2n) is 15.1.